The van der Waals surface area contributed by atoms with Gasteiger partial charge >= 0.3 is 0 Å². The fourth-order valence-electron chi connectivity index (χ4n) is 1.82. The Morgan fingerprint density at radius 3 is 2.71 bits per heavy atom. The van der Waals surface area contributed by atoms with Gasteiger partial charge in [-0.1, -0.05) is 13.8 Å². The smallest absolute Gasteiger partial charge is 0.238 e. The van der Waals surface area contributed by atoms with Gasteiger partial charge in [-0.05, 0) is 18.9 Å². The van der Waals surface area contributed by atoms with Crippen LogP contribution < -0.4 is 5.73 Å². The van der Waals surface area contributed by atoms with Crippen LogP contribution in [0.2, 0.25) is 0 Å². The van der Waals surface area contributed by atoms with Crippen molar-refractivity contribution in [2.24, 2.45) is 11.7 Å². The fraction of sp³-hybridized carbons (Fsp3) is 0.900. The molecule has 1 rings (SSSR count). The molecule has 0 spiro atoms. The van der Waals surface area contributed by atoms with E-state index < -0.39 is 0 Å². The molecule has 0 saturated carbocycles. The molecular formula is C10H21N3O. The highest BCUT2D eigenvalue weighted by Crippen LogP contribution is 2.20. The molecule has 82 valence electrons. The van der Waals surface area contributed by atoms with E-state index in [4.69, 9.17) is 5.73 Å². The molecule has 1 amide bonds. The van der Waals surface area contributed by atoms with Crippen molar-refractivity contribution in [2.45, 2.75) is 32.7 Å². The molecule has 0 radical (unpaired) electrons. The van der Waals surface area contributed by atoms with Gasteiger partial charge in [0.05, 0.1) is 0 Å². The van der Waals surface area contributed by atoms with E-state index >= 15 is 0 Å². The van der Waals surface area contributed by atoms with Crippen LogP contribution in [0.5, 0.6) is 0 Å². The largest absolute Gasteiger partial charge is 0.330 e. The van der Waals surface area contributed by atoms with Crippen molar-refractivity contribution in [1.82, 2.24) is 10.0 Å². The van der Waals surface area contributed by atoms with E-state index in [1.807, 2.05) is 12.1 Å². The Labute approximate surface area is 86.0 Å². The Morgan fingerprint density at radius 1 is 1.64 bits per heavy atom. The third kappa shape index (κ3) is 2.25. The molecule has 1 aliphatic rings. The average molecular weight is 199 g/mol. The highest BCUT2D eigenvalue weighted by Gasteiger charge is 2.34. The number of carbonyl (C=O) groups is 1. The van der Waals surface area contributed by atoms with Gasteiger partial charge in [0.25, 0.3) is 0 Å². The van der Waals surface area contributed by atoms with Gasteiger partial charge in [0.15, 0.2) is 0 Å². The summed E-state index contributed by atoms with van der Waals surface area (Å²) in [7, 11) is 1.99. The van der Waals surface area contributed by atoms with Crippen LogP contribution in [0.1, 0.15) is 26.7 Å². The molecule has 0 aromatic heterocycles. The van der Waals surface area contributed by atoms with E-state index in [2.05, 4.69) is 18.9 Å². The lowest BCUT2D eigenvalue weighted by atomic mass is 10.1. The summed E-state index contributed by atoms with van der Waals surface area (Å²) in [6, 6.07) is 0.382. The minimum atomic E-state index is 0.236. The second-order valence-electron chi connectivity index (χ2n) is 4.16. The summed E-state index contributed by atoms with van der Waals surface area (Å²) in [6.07, 6.45) is 1.68. The topological polar surface area (TPSA) is 49.6 Å². The predicted octanol–water partition coefficient (Wildman–Crippen LogP) is 0.439. The van der Waals surface area contributed by atoms with Gasteiger partial charge in [-0.3, -0.25) is 9.80 Å². The molecule has 1 saturated heterocycles. The lowest BCUT2D eigenvalue weighted by Gasteiger charge is -2.29. The molecule has 0 aromatic carbocycles. The first-order chi connectivity index (χ1) is 6.60. The maximum Gasteiger partial charge on any atom is 0.238 e. The van der Waals surface area contributed by atoms with Crippen LogP contribution in [-0.2, 0) is 4.79 Å². The molecule has 1 heterocycles. The van der Waals surface area contributed by atoms with Crippen LogP contribution in [0, 0.1) is 5.92 Å². The molecule has 0 bridgehead atoms. The molecule has 1 fully saturated rings. The first kappa shape index (κ1) is 11.5. The van der Waals surface area contributed by atoms with Gasteiger partial charge in [-0.25, -0.2) is 5.01 Å². The Balaban J connectivity index is 2.56. The van der Waals surface area contributed by atoms with Crippen LogP contribution in [0.15, 0.2) is 0 Å². The number of nitrogens with two attached hydrogens (primary N) is 1. The molecule has 0 aromatic rings. The number of hydrazine groups is 1. The first-order valence-electron chi connectivity index (χ1n) is 5.33. The summed E-state index contributed by atoms with van der Waals surface area (Å²) >= 11 is 0. The van der Waals surface area contributed by atoms with E-state index in [1.54, 1.807) is 0 Å². The lowest BCUT2D eigenvalue weighted by Crippen LogP contribution is -2.42. The Kier molecular flexibility index (Phi) is 3.89. The summed E-state index contributed by atoms with van der Waals surface area (Å²) in [6.45, 7) is 5.57. The van der Waals surface area contributed by atoms with Crippen LogP contribution in [0.25, 0.3) is 0 Å². The number of hydrogen-bond acceptors (Lipinski definition) is 3. The standard InChI is InChI=1S/C10H21N3O/c1-4-9-5-10(14)13(12(9)3)7-8(2)6-11/h8-9H,4-7,11H2,1-3H3. The molecule has 4 heteroatoms. The zero-order valence-corrected chi connectivity index (χ0v) is 9.36. The highest BCUT2D eigenvalue weighted by atomic mass is 16.2. The second-order valence-corrected chi connectivity index (χ2v) is 4.16. The fourth-order valence-corrected chi connectivity index (χ4v) is 1.82. The molecule has 2 unspecified atom stereocenters. The van der Waals surface area contributed by atoms with E-state index in [0.717, 1.165) is 13.0 Å². The second kappa shape index (κ2) is 4.75. The SMILES string of the molecule is CCC1CC(=O)N(CC(C)CN)N1C. The maximum atomic E-state index is 11.6. The molecule has 0 aliphatic carbocycles. The molecule has 2 N–H and O–H groups in total. The molecule has 2 atom stereocenters. The van der Waals surface area contributed by atoms with Gasteiger partial charge in [0.2, 0.25) is 5.91 Å². The predicted molar refractivity (Wildman–Crippen MR) is 56.4 cm³/mol. The van der Waals surface area contributed by atoms with Crippen LogP contribution in [0.3, 0.4) is 0 Å². The van der Waals surface area contributed by atoms with Gasteiger partial charge < -0.3 is 5.73 Å². The summed E-state index contributed by atoms with van der Waals surface area (Å²) in [5, 5.41) is 3.90. The van der Waals surface area contributed by atoms with Gasteiger partial charge in [-0.2, -0.15) is 0 Å². The third-order valence-corrected chi connectivity index (χ3v) is 2.97. The molecular weight excluding hydrogens is 178 g/mol. The van der Waals surface area contributed by atoms with Crippen molar-refractivity contribution in [3.8, 4) is 0 Å². The molecule has 1 aliphatic heterocycles. The zero-order chi connectivity index (χ0) is 10.7. The first-order valence-corrected chi connectivity index (χ1v) is 5.33. The number of amides is 1. The lowest BCUT2D eigenvalue weighted by molar-refractivity contribution is -0.138. The van der Waals surface area contributed by atoms with Crippen LogP contribution in [-0.4, -0.2) is 42.1 Å². The maximum absolute atomic E-state index is 11.6. The zero-order valence-electron chi connectivity index (χ0n) is 9.36. The molecule has 4 nitrogen and oxygen atoms in total. The van der Waals surface area contributed by atoms with Crippen molar-refractivity contribution >= 4 is 5.91 Å². The van der Waals surface area contributed by atoms with E-state index in [-0.39, 0.29) is 5.91 Å². The number of carbonyl (C=O) groups excluding carboxylic acids is 1. The van der Waals surface area contributed by atoms with E-state index in [9.17, 15) is 4.79 Å². The Hall–Kier alpha value is -0.610. The van der Waals surface area contributed by atoms with Gasteiger partial charge in [-0.15, -0.1) is 0 Å². The highest BCUT2D eigenvalue weighted by molar-refractivity contribution is 5.78. The number of hydrogen-bond donors (Lipinski definition) is 1. The van der Waals surface area contributed by atoms with Crippen molar-refractivity contribution in [3.05, 3.63) is 0 Å². The summed E-state index contributed by atoms with van der Waals surface area (Å²) in [5.74, 6) is 0.608. The van der Waals surface area contributed by atoms with Crippen molar-refractivity contribution in [2.75, 3.05) is 20.1 Å². The van der Waals surface area contributed by atoms with Crippen molar-refractivity contribution in [3.63, 3.8) is 0 Å². The monoisotopic (exact) mass is 199 g/mol. The average Bonchev–Trinajstić information content (AvgIpc) is 2.44. The van der Waals surface area contributed by atoms with E-state index in [0.29, 0.717) is 24.9 Å². The Morgan fingerprint density at radius 2 is 2.29 bits per heavy atom. The minimum absolute atomic E-state index is 0.236. The molecule has 14 heavy (non-hydrogen) atoms. The van der Waals surface area contributed by atoms with E-state index in [1.165, 1.54) is 0 Å². The van der Waals surface area contributed by atoms with Gasteiger partial charge in [0, 0.05) is 26.1 Å². The summed E-state index contributed by atoms with van der Waals surface area (Å²) in [5.41, 5.74) is 5.55. The van der Waals surface area contributed by atoms with Gasteiger partial charge in [0.1, 0.15) is 0 Å². The van der Waals surface area contributed by atoms with Crippen LogP contribution in [0.4, 0.5) is 0 Å². The minimum Gasteiger partial charge on any atom is -0.330 e. The number of rotatable bonds is 4. The third-order valence-electron chi connectivity index (χ3n) is 2.97. The van der Waals surface area contributed by atoms with Crippen LogP contribution >= 0.6 is 0 Å². The normalized spacial score (nSPS) is 25.9. The summed E-state index contributed by atoms with van der Waals surface area (Å²) < 4.78 is 0. The number of nitrogens with zero attached hydrogens (tertiary/aromatic N) is 2. The quantitative estimate of drug-likeness (QED) is 0.714. The van der Waals surface area contributed by atoms with Crippen molar-refractivity contribution < 1.29 is 4.79 Å². The Bertz CT molecular complexity index is 208. The van der Waals surface area contributed by atoms with Crippen molar-refractivity contribution in [1.29, 1.82) is 0 Å². The summed E-state index contributed by atoms with van der Waals surface area (Å²) in [4.78, 5) is 11.6.